The summed E-state index contributed by atoms with van der Waals surface area (Å²) in [4.78, 5) is 0. The van der Waals surface area contributed by atoms with Crippen LogP contribution in [0.4, 0.5) is 4.39 Å². The highest BCUT2D eigenvalue weighted by Gasteiger charge is 2.09. The van der Waals surface area contributed by atoms with Gasteiger partial charge in [-0.1, -0.05) is 30.4 Å². The van der Waals surface area contributed by atoms with E-state index in [-0.39, 0.29) is 5.82 Å². The highest BCUT2D eigenvalue weighted by molar-refractivity contribution is 6.22. The van der Waals surface area contributed by atoms with E-state index >= 15 is 0 Å². The zero-order valence-corrected chi connectivity index (χ0v) is 8.26. The summed E-state index contributed by atoms with van der Waals surface area (Å²) in [6.07, 6.45) is 6.09. The molecule has 0 nitrogen and oxygen atoms in total. The first kappa shape index (κ1) is 9.26. The van der Waals surface area contributed by atoms with Gasteiger partial charge < -0.3 is 0 Å². The monoisotopic (exact) mass is 186 g/mol. The predicted molar refractivity (Wildman–Crippen MR) is 60.2 cm³/mol. The highest BCUT2D eigenvalue weighted by Crippen LogP contribution is 2.27. The third-order valence-corrected chi connectivity index (χ3v) is 2.58. The zero-order valence-electron chi connectivity index (χ0n) is 8.26. The number of hydrogen-bond donors (Lipinski definition) is 0. The number of allylic oxidation sites excluding steroid dienone is 4. The van der Waals surface area contributed by atoms with Crippen LogP contribution in [-0.2, 0) is 0 Å². The molecular weight excluding hydrogens is 174 g/mol. The fourth-order valence-corrected chi connectivity index (χ4v) is 1.69. The molecule has 0 radical (unpaired) electrons. The van der Waals surface area contributed by atoms with Gasteiger partial charge in [-0.25, -0.2) is 4.39 Å². The molecule has 0 atom stereocenters. The Hall–Kier alpha value is -1.31. The van der Waals surface area contributed by atoms with E-state index < -0.39 is 0 Å². The molecule has 0 aliphatic heterocycles. The van der Waals surface area contributed by atoms with Gasteiger partial charge in [0, 0.05) is 5.56 Å². The molecule has 0 amide bonds. The minimum absolute atomic E-state index is 0.119. The Morgan fingerprint density at radius 1 is 1.07 bits per heavy atom. The normalized spacial score (nSPS) is 16.1. The van der Waals surface area contributed by atoms with Crippen molar-refractivity contribution in [2.45, 2.75) is 12.8 Å². The molecule has 70 valence electrons. The summed E-state index contributed by atoms with van der Waals surface area (Å²) >= 11 is 0. The van der Waals surface area contributed by atoms with Crippen molar-refractivity contribution in [2.75, 3.05) is 0 Å². The Labute approximate surface area is 84.6 Å². The number of halogens is 1. The number of hydrogen-bond acceptors (Lipinski definition) is 0. The molecule has 1 aromatic rings. The smallest absolute Gasteiger partial charge is 0.133 e. The zero-order chi connectivity index (χ0) is 9.97. The van der Waals surface area contributed by atoms with E-state index in [1.807, 2.05) is 18.2 Å². The largest absolute Gasteiger partial charge is 0.206 e. The Morgan fingerprint density at radius 2 is 1.86 bits per heavy atom. The lowest BCUT2D eigenvalue weighted by molar-refractivity contribution is 0.623. The molecule has 0 saturated heterocycles. The fourth-order valence-electron chi connectivity index (χ4n) is 1.69. The van der Waals surface area contributed by atoms with Gasteiger partial charge in [0.1, 0.15) is 13.7 Å². The van der Waals surface area contributed by atoms with Crippen molar-refractivity contribution in [3.05, 3.63) is 53.3 Å². The third kappa shape index (κ3) is 1.79. The average Bonchev–Trinajstić information content (AvgIpc) is 2.20. The molecular formula is C12H12BF. The summed E-state index contributed by atoms with van der Waals surface area (Å²) < 4.78 is 13.4. The van der Waals surface area contributed by atoms with Gasteiger partial charge in [0.25, 0.3) is 0 Å². The van der Waals surface area contributed by atoms with Gasteiger partial charge in [-0.05, 0) is 24.5 Å². The fraction of sp³-hybridized carbons (Fsp3) is 0.167. The molecule has 1 aliphatic rings. The minimum Gasteiger partial charge on any atom is -0.206 e. The van der Waals surface area contributed by atoms with Crippen LogP contribution in [0, 0.1) is 5.82 Å². The van der Waals surface area contributed by atoms with Crippen molar-refractivity contribution < 1.29 is 4.39 Å². The molecule has 2 rings (SSSR count). The standard InChI is InChI=1S/C12H12BF/c13-10-7-5-9(6-8-10)11-3-1-2-4-12(11)14/h1-5,7H,6,8,13H2. The van der Waals surface area contributed by atoms with Crippen molar-refractivity contribution in [3.63, 3.8) is 0 Å². The first-order valence-corrected chi connectivity index (χ1v) is 4.88. The topological polar surface area (TPSA) is 0 Å². The summed E-state index contributed by atoms with van der Waals surface area (Å²) in [6, 6.07) is 6.96. The molecule has 0 fully saturated rings. The molecule has 2 heteroatoms. The second-order valence-corrected chi connectivity index (χ2v) is 3.68. The van der Waals surface area contributed by atoms with Crippen LogP contribution in [-0.4, -0.2) is 7.85 Å². The van der Waals surface area contributed by atoms with Crippen LogP contribution in [0.15, 0.2) is 41.9 Å². The molecule has 14 heavy (non-hydrogen) atoms. The molecule has 0 N–H and O–H groups in total. The van der Waals surface area contributed by atoms with E-state index in [2.05, 4.69) is 13.9 Å². The molecule has 0 aromatic heterocycles. The summed E-state index contributed by atoms with van der Waals surface area (Å²) in [5.41, 5.74) is 3.22. The maximum absolute atomic E-state index is 13.4. The van der Waals surface area contributed by atoms with E-state index in [4.69, 9.17) is 0 Å². The van der Waals surface area contributed by atoms with E-state index in [1.54, 1.807) is 6.07 Å². The number of benzene rings is 1. The Balaban J connectivity index is 2.37. The molecule has 1 aliphatic carbocycles. The summed E-state index contributed by atoms with van der Waals surface area (Å²) in [7, 11) is 2.11. The van der Waals surface area contributed by atoms with Crippen LogP contribution in [0.3, 0.4) is 0 Å². The molecule has 0 unspecified atom stereocenters. The lowest BCUT2D eigenvalue weighted by Gasteiger charge is -2.12. The van der Waals surface area contributed by atoms with Crippen molar-refractivity contribution in [2.24, 2.45) is 0 Å². The van der Waals surface area contributed by atoms with Crippen LogP contribution < -0.4 is 0 Å². The van der Waals surface area contributed by atoms with Crippen LogP contribution in [0.5, 0.6) is 0 Å². The number of rotatable bonds is 1. The van der Waals surface area contributed by atoms with Crippen LogP contribution in [0.1, 0.15) is 18.4 Å². The van der Waals surface area contributed by atoms with E-state index in [9.17, 15) is 4.39 Å². The molecule has 1 aromatic carbocycles. The summed E-state index contributed by atoms with van der Waals surface area (Å²) in [5, 5.41) is 0. The Morgan fingerprint density at radius 3 is 2.50 bits per heavy atom. The summed E-state index contributed by atoms with van der Waals surface area (Å²) in [5.74, 6) is -0.119. The van der Waals surface area contributed by atoms with Crippen molar-refractivity contribution >= 4 is 13.4 Å². The minimum atomic E-state index is -0.119. The summed E-state index contributed by atoms with van der Waals surface area (Å²) in [6.45, 7) is 0. The van der Waals surface area contributed by atoms with Gasteiger partial charge in [-0.15, -0.1) is 5.47 Å². The van der Waals surface area contributed by atoms with Gasteiger partial charge in [0.05, 0.1) is 0 Å². The van der Waals surface area contributed by atoms with Crippen molar-refractivity contribution in [3.8, 4) is 0 Å². The van der Waals surface area contributed by atoms with Crippen molar-refractivity contribution in [1.29, 1.82) is 0 Å². The van der Waals surface area contributed by atoms with Crippen molar-refractivity contribution in [1.82, 2.24) is 0 Å². The van der Waals surface area contributed by atoms with E-state index in [1.165, 1.54) is 11.5 Å². The molecule has 0 bridgehead atoms. The maximum atomic E-state index is 13.4. The molecule has 0 saturated carbocycles. The first-order chi connectivity index (χ1) is 6.77. The molecule has 0 heterocycles. The van der Waals surface area contributed by atoms with Gasteiger partial charge in [-0.2, -0.15) is 0 Å². The SMILES string of the molecule is BC1=CC=C(c2ccccc2F)CC1. The van der Waals surface area contributed by atoms with Crippen LogP contribution >= 0.6 is 0 Å². The van der Waals surface area contributed by atoms with E-state index in [0.717, 1.165) is 24.0 Å². The average molecular weight is 186 g/mol. The lowest BCUT2D eigenvalue weighted by Crippen LogP contribution is -1.95. The first-order valence-electron chi connectivity index (χ1n) is 4.88. The second kappa shape index (κ2) is 3.83. The highest BCUT2D eigenvalue weighted by atomic mass is 19.1. The van der Waals surface area contributed by atoms with Gasteiger partial charge in [-0.3, -0.25) is 0 Å². The van der Waals surface area contributed by atoms with Gasteiger partial charge in [0.15, 0.2) is 0 Å². The quantitative estimate of drug-likeness (QED) is 0.591. The maximum Gasteiger partial charge on any atom is 0.133 e. The van der Waals surface area contributed by atoms with Crippen LogP contribution in [0.25, 0.3) is 5.57 Å². The van der Waals surface area contributed by atoms with Crippen LogP contribution in [0.2, 0.25) is 0 Å². The van der Waals surface area contributed by atoms with E-state index in [0.29, 0.717) is 0 Å². The lowest BCUT2D eigenvalue weighted by atomic mass is 9.84. The van der Waals surface area contributed by atoms with Gasteiger partial charge in [0.2, 0.25) is 0 Å². The second-order valence-electron chi connectivity index (χ2n) is 3.68. The Kier molecular flexibility index (Phi) is 2.53. The Bertz CT molecular complexity index is 405. The third-order valence-electron chi connectivity index (χ3n) is 2.58. The predicted octanol–water partition coefficient (Wildman–Crippen LogP) is 2.52. The van der Waals surface area contributed by atoms with Gasteiger partial charge >= 0.3 is 0 Å². The molecule has 0 spiro atoms.